The van der Waals surface area contributed by atoms with E-state index < -0.39 is 0 Å². The zero-order chi connectivity index (χ0) is 18.8. The van der Waals surface area contributed by atoms with Gasteiger partial charge in [-0.25, -0.2) is 4.98 Å². The van der Waals surface area contributed by atoms with E-state index >= 15 is 0 Å². The molecular formula is C21H23N5O. The van der Waals surface area contributed by atoms with Crippen molar-refractivity contribution in [2.75, 3.05) is 23.7 Å². The average Bonchev–Trinajstić information content (AvgIpc) is 2.68. The van der Waals surface area contributed by atoms with E-state index in [0.29, 0.717) is 11.4 Å². The van der Waals surface area contributed by atoms with E-state index in [0.717, 1.165) is 48.1 Å². The molecule has 0 radical (unpaired) electrons. The molecule has 1 aliphatic heterocycles. The van der Waals surface area contributed by atoms with Crippen LogP contribution in [0.5, 0.6) is 0 Å². The standard InChI is InChI=1S/C21H23N5O/c22-16-5-3-9-26(13-16)19-7-8-24-12-15(19)11-20(27)21-17(23)10-14-4-1-2-6-18(14)25-21/h1-2,4,6-8,10,12,16H,3,5,9,11,13,22-23H2/t16-/m0/s1. The van der Waals surface area contributed by atoms with Gasteiger partial charge in [-0.2, -0.15) is 0 Å². The number of benzene rings is 1. The van der Waals surface area contributed by atoms with E-state index in [1.807, 2.05) is 36.4 Å². The molecule has 0 spiro atoms. The molecule has 3 aromatic rings. The van der Waals surface area contributed by atoms with Crippen LogP contribution in [-0.4, -0.2) is 34.9 Å². The summed E-state index contributed by atoms with van der Waals surface area (Å²) < 4.78 is 0. The second kappa shape index (κ2) is 7.32. The van der Waals surface area contributed by atoms with Crippen molar-refractivity contribution >= 4 is 28.1 Å². The molecule has 1 aliphatic rings. The normalized spacial score (nSPS) is 17.2. The number of hydrogen-bond acceptors (Lipinski definition) is 6. The lowest BCUT2D eigenvalue weighted by molar-refractivity contribution is 0.0989. The van der Waals surface area contributed by atoms with Crippen LogP contribution in [0, 0.1) is 0 Å². The largest absolute Gasteiger partial charge is 0.397 e. The number of rotatable bonds is 4. The molecule has 1 fully saturated rings. The fourth-order valence-electron chi connectivity index (χ4n) is 3.71. The molecule has 0 aliphatic carbocycles. The average molecular weight is 361 g/mol. The van der Waals surface area contributed by atoms with E-state index in [2.05, 4.69) is 14.9 Å². The molecule has 0 saturated carbocycles. The molecule has 1 aromatic carbocycles. The van der Waals surface area contributed by atoms with Gasteiger partial charge in [-0.15, -0.1) is 0 Å². The van der Waals surface area contributed by atoms with Gasteiger partial charge >= 0.3 is 0 Å². The second-order valence-electron chi connectivity index (χ2n) is 7.07. The first-order valence-corrected chi connectivity index (χ1v) is 9.23. The molecule has 0 bridgehead atoms. The highest BCUT2D eigenvalue weighted by Gasteiger charge is 2.21. The van der Waals surface area contributed by atoms with Crippen molar-refractivity contribution in [1.29, 1.82) is 0 Å². The monoisotopic (exact) mass is 361 g/mol. The van der Waals surface area contributed by atoms with Gasteiger partial charge < -0.3 is 16.4 Å². The lowest BCUT2D eigenvalue weighted by atomic mass is 10.0. The lowest BCUT2D eigenvalue weighted by Gasteiger charge is -2.33. The number of ketones is 1. The Morgan fingerprint density at radius 3 is 2.96 bits per heavy atom. The number of para-hydroxylation sites is 1. The van der Waals surface area contributed by atoms with Gasteiger partial charge in [0, 0.05) is 54.6 Å². The third kappa shape index (κ3) is 3.61. The number of nitrogens with zero attached hydrogens (tertiary/aromatic N) is 3. The van der Waals surface area contributed by atoms with E-state index in [-0.39, 0.29) is 18.2 Å². The van der Waals surface area contributed by atoms with Crippen LogP contribution in [0.15, 0.2) is 48.8 Å². The first-order valence-electron chi connectivity index (χ1n) is 9.23. The molecule has 3 heterocycles. The zero-order valence-electron chi connectivity index (χ0n) is 15.1. The molecule has 0 amide bonds. The minimum atomic E-state index is -0.103. The van der Waals surface area contributed by atoms with Crippen LogP contribution in [0.3, 0.4) is 0 Å². The number of nitrogen functional groups attached to an aromatic ring is 1. The van der Waals surface area contributed by atoms with Crippen molar-refractivity contribution in [2.24, 2.45) is 5.73 Å². The SMILES string of the molecule is Nc1cc2ccccc2nc1C(=O)Cc1cnccc1N1CCC[C@H](N)C1. The molecule has 4 rings (SSSR count). The number of anilines is 2. The Morgan fingerprint density at radius 2 is 2.11 bits per heavy atom. The van der Waals surface area contributed by atoms with Gasteiger partial charge in [-0.05, 0) is 31.0 Å². The number of aromatic nitrogens is 2. The Kier molecular flexibility index (Phi) is 4.73. The minimum absolute atomic E-state index is 0.103. The van der Waals surface area contributed by atoms with Gasteiger partial charge in [0.25, 0.3) is 0 Å². The third-order valence-electron chi connectivity index (χ3n) is 5.04. The molecule has 138 valence electrons. The summed E-state index contributed by atoms with van der Waals surface area (Å²) in [6.07, 6.45) is 5.81. The molecule has 2 aromatic heterocycles. The Balaban J connectivity index is 1.63. The predicted molar refractivity (Wildman–Crippen MR) is 108 cm³/mol. The first-order chi connectivity index (χ1) is 13.1. The van der Waals surface area contributed by atoms with Gasteiger partial charge in [0.15, 0.2) is 5.78 Å². The van der Waals surface area contributed by atoms with Gasteiger partial charge in [-0.3, -0.25) is 9.78 Å². The maximum atomic E-state index is 13.0. The summed E-state index contributed by atoms with van der Waals surface area (Å²) in [5, 5.41) is 0.927. The number of hydrogen-bond donors (Lipinski definition) is 2. The van der Waals surface area contributed by atoms with E-state index in [4.69, 9.17) is 11.5 Å². The van der Waals surface area contributed by atoms with Crippen LogP contribution < -0.4 is 16.4 Å². The van der Waals surface area contributed by atoms with Crippen molar-refractivity contribution in [3.63, 3.8) is 0 Å². The summed E-state index contributed by atoms with van der Waals surface area (Å²) in [5.74, 6) is -0.103. The summed E-state index contributed by atoms with van der Waals surface area (Å²) in [5.41, 5.74) is 15.6. The van der Waals surface area contributed by atoms with Crippen molar-refractivity contribution < 1.29 is 4.79 Å². The maximum absolute atomic E-state index is 13.0. The quantitative estimate of drug-likeness (QED) is 0.693. The smallest absolute Gasteiger partial charge is 0.187 e. The van der Waals surface area contributed by atoms with E-state index in [1.165, 1.54) is 0 Å². The number of pyridine rings is 2. The molecule has 0 unspecified atom stereocenters. The molecular weight excluding hydrogens is 338 g/mol. The molecule has 1 saturated heterocycles. The highest BCUT2D eigenvalue weighted by atomic mass is 16.1. The van der Waals surface area contributed by atoms with Crippen LogP contribution >= 0.6 is 0 Å². The molecule has 6 heteroatoms. The number of carbonyl (C=O) groups excluding carboxylic acids is 1. The van der Waals surface area contributed by atoms with Crippen LogP contribution in [0.4, 0.5) is 11.4 Å². The van der Waals surface area contributed by atoms with Gasteiger partial charge in [0.2, 0.25) is 0 Å². The number of Topliss-reactive ketones (excluding diaryl/α,β-unsaturated/α-hetero) is 1. The number of nitrogens with two attached hydrogens (primary N) is 2. The maximum Gasteiger partial charge on any atom is 0.187 e. The summed E-state index contributed by atoms with van der Waals surface area (Å²) in [6.45, 7) is 1.73. The zero-order valence-corrected chi connectivity index (χ0v) is 15.1. The fraction of sp³-hybridized carbons (Fsp3) is 0.286. The second-order valence-corrected chi connectivity index (χ2v) is 7.07. The Bertz CT molecular complexity index is 987. The Hall–Kier alpha value is -2.99. The predicted octanol–water partition coefficient (Wildman–Crippen LogP) is 2.56. The van der Waals surface area contributed by atoms with Crippen LogP contribution in [-0.2, 0) is 6.42 Å². The van der Waals surface area contributed by atoms with E-state index in [9.17, 15) is 4.79 Å². The molecule has 4 N–H and O–H groups in total. The summed E-state index contributed by atoms with van der Waals surface area (Å²) in [4.78, 5) is 23.9. The van der Waals surface area contributed by atoms with Gasteiger partial charge in [0.1, 0.15) is 5.69 Å². The Labute approximate surface area is 158 Å². The van der Waals surface area contributed by atoms with E-state index in [1.54, 1.807) is 12.4 Å². The summed E-state index contributed by atoms with van der Waals surface area (Å²) in [6, 6.07) is 11.6. The van der Waals surface area contributed by atoms with Gasteiger partial charge in [-0.1, -0.05) is 18.2 Å². The Morgan fingerprint density at radius 1 is 1.26 bits per heavy atom. The number of fused-ring (bicyclic) bond motifs is 1. The summed E-state index contributed by atoms with van der Waals surface area (Å²) >= 11 is 0. The van der Waals surface area contributed by atoms with Crippen molar-refractivity contribution in [2.45, 2.75) is 25.3 Å². The topological polar surface area (TPSA) is 98.1 Å². The van der Waals surface area contributed by atoms with Gasteiger partial charge in [0.05, 0.1) is 11.2 Å². The lowest BCUT2D eigenvalue weighted by Crippen LogP contribution is -2.43. The van der Waals surface area contributed by atoms with Crippen molar-refractivity contribution in [3.8, 4) is 0 Å². The van der Waals surface area contributed by atoms with Crippen LogP contribution in [0.1, 0.15) is 28.9 Å². The molecule has 1 atom stereocenters. The van der Waals surface area contributed by atoms with Crippen LogP contribution in [0.25, 0.3) is 10.9 Å². The highest BCUT2D eigenvalue weighted by molar-refractivity contribution is 6.03. The molecule has 27 heavy (non-hydrogen) atoms. The summed E-state index contributed by atoms with van der Waals surface area (Å²) in [7, 11) is 0. The first kappa shape index (κ1) is 17.4. The number of carbonyl (C=O) groups is 1. The molecule has 6 nitrogen and oxygen atoms in total. The van der Waals surface area contributed by atoms with Crippen molar-refractivity contribution in [1.82, 2.24) is 9.97 Å². The van der Waals surface area contributed by atoms with Crippen LogP contribution in [0.2, 0.25) is 0 Å². The highest BCUT2D eigenvalue weighted by Crippen LogP contribution is 2.26. The third-order valence-corrected chi connectivity index (χ3v) is 5.04. The van der Waals surface area contributed by atoms with Crippen molar-refractivity contribution in [3.05, 3.63) is 60.0 Å². The fourth-order valence-corrected chi connectivity index (χ4v) is 3.71. The number of piperidine rings is 1. The minimum Gasteiger partial charge on any atom is -0.397 e.